The minimum atomic E-state index is -0.527. The predicted octanol–water partition coefficient (Wildman–Crippen LogP) is 6.15. The minimum absolute atomic E-state index is 0.349. The zero-order valence-electron chi connectivity index (χ0n) is 19.8. The molecule has 2 aromatic rings. The number of carbonyl (C=O) groups is 2. The van der Waals surface area contributed by atoms with E-state index in [4.69, 9.17) is 9.47 Å². The van der Waals surface area contributed by atoms with E-state index in [1.54, 1.807) is 29.4 Å². The molecule has 0 atom stereocenters. The summed E-state index contributed by atoms with van der Waals surface area (Å²) in [6.45, 7) is 8.76. The first-order valence-corrected chi connectivity index (χ1v) is 11.6. The fourth-order valence-electron chi connectivity index (χ4n) is 2.80. The SMILES string of the molecule is CCCCOc1cc(/C=C/C(=O)OC)ccc1-c1csc(CN(C)C(=O)OC(C)(C)C)c1. The fraction of sp³-hybridized carbons (Fsp3) is 0.440. The number of amides is 1. The van der Waals surface area contributed by atoms with Crippen molar-refractivity contribution in [2.75, 3.05) is 20.8 Å². The van der Waals surface area contributed by atoms with Gasteiger partial charge >= 0.3 is 12.1 Å². The van der Waals surface area contributed by atoms with Gasteiger partial charge in [0.15, 0.2) is 0 Å². The van der Waals surface area contributed by atoms with E-state index in [0.717, 1.165) is 40.2 Å². The Morgan fingerprint density at radius 2 is 1.94 bits per heavy atom. The summed E-state index contributed by atoms with van der Waals surface area (Å²) in [6, 6.07) is 7.92. The Balaban J connectivity index is 2.22. The summed E-state index contributed by atoms with van der Waals surface area (Å²) in [5.74, 6) is 0.356. The Kier molecular flexibility index (Phi) is 9.32. The van der Waals surface area contributed by atoms with Gasteiger partial charge < -0.3 is 19.1 Å². The standard InChI is InChI=1S/C25H33NO5S/c1-7-8-13-30-22-14-18(10-12-23(27)29-6)9-11-21(22)19-15-20(32-17-19)16-26(5)24(28)31-25(2,3)4/h9-12,14-15,17H,7-8,13,16H2,1-6H3/b12-10+. The zero-order chi connectivity index (χ0) is 23.7. The molecule has 0 aliphatic carbocycles. The van der Waals surface area contributed by atoms with E-state index in [1.807, 2.05) is 39.0 Å². The molecule has 0 bridgehead atoms. The molecule has 0 saturated carbocycles. The second-order valence-corrected chi connectivity index (χ2v) is 9.45. The molecule has 6 nitrogen and oxygen atoms in total. The lowest BCUT2D eigenvalue weighted by Gasteiger charge is -2.24. The summed E-state index contributed by atoms with van der Waals surface area (Å²) in [5.41, 5.74) is 2.32. The third-order valence-corrected chi connectivity index (χ3v) is 5.36. The Hall–Kier alpha value is -2.80. The van der Waals surface area contributed by atoms with Crippen LogP contribution in [0.4, 0.5) is 4.79 Å². The molecule has 0 aliphatic heterocycles. The number of esters is 1. The van der Waals surface area contributed by atoms with Crippen LogP contribution >= 0.6 is 11.3 Å². The number of thiophene rings is 1. The van der Waals surface area contributed by atoms with Gasteiger partial charge in [-0.3, -0.25) is 0 Å². The monoisotopic (exact) mass is 459 g/mol. The summed E-state index contributed by atoms with van der Waals surface area (Å²) in [5, 5.41) is 2.06. The summed E-state index contributed by atoms with van der Waals surface area (Å²) in [6.07, 6.45) is 4.74. The van der Waals surface area contributed by atoms with E-state index in [1.165, 1.54) is 13.2 Å². The molecule has 1 heterocycles. The lowest BCUT2D eigenvalue weighted by molar-refractivity contribution is -0.134. The molecule has 2 rings (SSSR count). The molecule has 0 spiro atoms. The van der Waals surface area contributed by atoms with Crippen molar-refractivity contribution in [3.05, 3.63) is 46.2 Å². The average molecular weight is 460 g/mol. The summed E-state index contributed by atoms with van der Waals surface area (Å²) in [7, 11) is 3.08. The number of benzene rings is 1. The van der Waals surface area contributed by atoms with Gasteiger partial charge in [0.1, 0.15) is 11.4 Å². The van der Waals surface area contributed by atoms with Crippen LogP contribution in [0.25, 0.3) is 17.2 Å². The molecular formula is C25H33NO5S. The third kappa shape index (κ3) is 8.04. The van der Waals surface area contributed by atoms with Crippen LogP contribution in [-0.4, -0.2) is 43.3 Å². The van der Waals surface area contributed by atoms with Crippen molar-refractivity contribution < 1.29 is 23.8 Å². The van der Waals surface area contributed by atoms with Crippen molar-refractivity contribution >= 4 is 29.5 Å². The topological polar surface area (TPSA) is 65.1 Å². The van der Waals surface area contributed by atoms with Crippen LogP contribution in [0.2, 0.25) is 0 Å². The Morgan fingerprint density at radius 3 is 2.59 bits per heavy atom. The largest absolute Gasteiger partial charge is 0.493 e. The highest BCUT2D eigenvalue weighted by Crippen LogP contribution is 2.35. The van der Waals surface area contributed by atoms with Gasteiger partial charge in [0.05, 0.1) is 20.3 Å². The number of carbonyl (C=O) groups excluding carboxylic acids is 2. The quantitative estimate of drug-likeness (QED) is 0.256. The fourth-order valence-corrected chi connectivity index (χ4v) is 3.74. The van der Waals surface area contributed by atoms with E-state index in [-0.39, 0.29) is 6.09 Å². The Bertz CT molecular complexity index is 942. The number of hydrogen-bond donors (Lipinski definition) is 0. The molecule has 1 amide bonds. The van der Waals surface area contributed by atoms with Gasteiger partial charge in [-0.15, -0.1) is 11.3 Å². The molecular weight excluding hydrogens is 426 g/mol. The van der Waals surface area contributed by atoms with Crippen molar-refractivity contribution in [1.29, 1.82) is 0 Å². The Morgan fingerprint density at radius 1 is 1.19 bits per heavy atom. The number of rotatable bonds is 9. The van der Waals surface area contributed by atoms with Gasteiger partial charge in [-0.2, -0.15) is 0 Å². The van der Waals surface area contributed by atoms with E-state index in [0.29, 0.717) is 13.2 Å². The maximum atomic E-state index is 12.3. The summed E-state index contributed by atoms with van der Waals surface area (Å²) in [4.78, 5) is 26.3. The van der Waals surface area contributed by atoms with Crippen molar-refractivity contribution in [1.82, 2.24) is 4.90 Å². The molecule has 0 unspecified atom stereocenters. The first kappa shape index (κ1) is 25.5. The average Bonchev–Trinajstić information content (AvgIpc) is 3.19. The van der Waals surface area contributed by atoms with Crippen LogP contribution < -0.4 is 4.74 Å². The van der Waals surface area contributed by atoms with Crippen LogP contribution in [0.1, 0.15) is 51.0 Å². The van der Waals surface area contributed by atoms with Crippen molar-refractivity contribution in [3.63, 3.8) is 0 Å². The third-order valence-electron chi connectivity index (χ3n) is 4.44. The predicted molar refractivity (Wildman–Crippen MR) is 129 cm³/mol. The van der Waals surface area contributed by atoms with Crippen LogP contribution in [0.5, 0.6) is 5.75 Å². The second kappa shape index (κ2) is 11.7. The highest BCUT2D eigenvalue weighted by Gasteiger charge is 2.20. The van der Waals surface area contributed by atoms with Crippen LogP contribution in [-0.2, 0) is 20.8 Å². The smallest absolute Gasteiger partial charge is 0.410 e. The summed E-state index contributed by atoms with van der Waals surface area (Å²) >= 11 is 1.59. The van der Waals surface area contributed by atoms with Crippen LogP contribution in [0.3, 0.4) is 0 Å². The first-order valence-electron chi connectivity index (χ1n) is 10.7. The lowest BCUT2D eigenvalue weighted by atomic mass is 10.0. The highest BCUT2D eigenvalue weighted by atomic mass is 32.1. The van der Waals surface area contributed by atoms with Crippen molar-refractivity contribution in [2.24, 2.45) is 0 Å². The zero-order valence-corrected chi connectivity index (χ0v) is 20.6. The van der Waals surface area contributed by atoms with Gasteiger partial charge in [-0.25, -0.2) is 9.59 Å². The van der Waals surface area contributed by atoms with Crippen molar-refractivity contribution in [3.8, 4) is 16.9 Å². The number of methoxy groups -OCH3 is 1. The van der Waals surface area contributed by atoms with E-state index in [9.17, 15) is 9.59 Å². The number of hydrogen-bond acceptors (Lipinski definition) is 6. The molecule has 1 aromatic carbocycles. The molecule has 0 radical (unpaired) electrons. The second-order valence-electron chi connectivity index (χ2n) is 8.45. The molecule has 1 aromatic heterocycles. The molecule has 0 aliphatic rings. The van der Waals surface area contributed by atoms with Crippen LogP contribution in [0.15, 0.2) is 35.7 Å². The number of unbranched alkanes of at least 4 members (excludes halogenated alkanes) is 1. The van der Waals surface area contributed by atoms with Gasteiger partial charge in [-0.1, -0.05) is 25.5 Å². The lowest BCUT2D eigenvalue weighted by Crippen LogP contribution is -2.33. The molecule has 0 saturated heterocycles. The number of nitrogens with zero attached hydrogens (tertiary/aromatic N) is 1. The first-order chi connectivity index (χ1) is 15.1. The Labute approximate surface area is 194 Å². The molecule has 7 heteroatoms. The molecule has 0 N–H and O–H groups in total. The van der Waals surface area contributed by atoms with E-state index in [2.05, 4.69) is 23.1 Å². The van der Waals surface area contributed by atoms with Crippen LogP contribution in [0, 0.1) is 0 Å². The maximum absolute atomic E-state index is 12.3. The van der Waals surface area contributed by atoms with E-state index >= 15 is 0 Å². The van der Waals surface area contributed by atoms with Gasteiger partial charge in [0.2, 0.25) is 0 Å². The normalized spacial score (nSPS) is 11.4. The van der Waals surface area contributed by atoms with Gasteiger partial charge in [0.25, 0.3) is 0 Å². The highest BCUT2D eigenvalue weighted by molar-refractivity contribution is 7.10. The van der Waals surface area contributed by atoms with Crippen molar-refractivity contribution in [2.45, 2.75) is 52.7 Å². The molecule has 0 fully saturated rings. The van der Waals surface area contributed by atoms with Gasteiger partial charge in [0, 0.05) is 23.6 Å². The van der Waals surface area contributed by atoms with Gasteiger partial charge in [-0.05, 0) is 61.9 Å². The summed E-state index contributed by atoms with van der Waals surface area (Å²) < 4.78 is 16.1. The number of ether oxygens (including phenoxy) is 3. The molecule has 32 heavy (non-hydrogen) atoms. The maximum Gasteiger partial charge on any atom is 0.410 e. The minimum Gasteiger partial charge on any atom is -0.493 e. The van der Waals surface area contributed by atoms with E-state index < -0.39 is 11.6 Å². The molecule has 174 valence electrons.